The molecule has 3 rings (SSSR count). The maximum absolute atomic E-state index is 12.4. The van der Waals surface area contributed by atoms with Gasteiger partial charge >= 0.3 is 5.97 Å². The van der Waals surface area contributed by atoms with Crippen LogP contribution in [-0.2, 0) is 16.9 Å². The number of hydrogen-bond donors (Lipinski definition) is 1. The van der Waals surface area contributed by atoms with Crippen LogP contribution in [0.4, 0.5) is 0 Å². The van der Waals surface area contributed by atoms with Crippen molar-refractivity contribution in [1.29, 1.82) is 0 Å². The first-order valence-corrected chi connectivity index (χ1v) is 9.61. The summed E-state index contributed by atoms with van der Waals surface area (Å²) in [4.78, 5) is 31.6. The zero-order chi connectivity index (χ0) is 19.1. The number of hydrogen-bond acceptors (Lipinski definition) is 5. The molecule has 0 unspecified atom stereocenters. The Bertz CT molecular complexity index is 956. The number of aromatic amines is 1. The molecule has 2 aromatic carbocycles. The lowest BCUT2D eigenvalue weighted by molar-refractivity contribution is 0.0508. The Kier molecular flexibility index (Phi) is 6.44. The van der Waals surface area contributed by atoms with E-state index in [1.54, 1.807) is 31.2 Å². The van der Waals surface area contributed by atoms with Gasteiger partial charge < -0.3 is 9.72 Å². The summed E-state index contributed by atoms with van der Waals surface area (Å²) < 4.78 is 5.25. The molecule has 1 N–H and O–H groups in total. The summed E-state index contributed by atoms with van der Waals surface area (Å²) in [5.74, 6) is 0.338. The summed E-state index contributed by atoms with van der Waals surface area (Å²) in [6.45, 7) is 1.94. The summed E-state index contributed by atoms with van der Waals surface area (Å²) in [5, 5.41) is 0.589. The number of H-pyrrole nitrogens is 1. The standard InChI is InChI=1S/C21H20N2O3S/c1-15-18(12-13-26-20(25)17-10-6-3-7-11-17)19(24)23-21(22-15)27-14-16-8-4-2-5-9-16/h2-11H,12-14H2,1H3,(H,22,23,24). The van der Waals surface area contributed by atoms with E-state index in [0.717, 1.165) is 5.75 Å². The van der Waals surface area contributed by atoms with E-state index in [4.69, 9.17) is 4.74 Å². The molecule has 0 saturated heterocycles. The molecule has 3 aromatic rings. The first kappa shape index (κ1) is 18.9. The maximum atomic E-state index is 12.4. The predicted molar refractivity (Wildman–Crippen MR) is 106 cm³/mol. The summed E-state index contributed by atoms with van der Waals surface area (Å²) in [6.07, 6.45) is 0.330. The highest BCUT2D eigenvalue weighted by atomic mass is 32.2. The van der Waals surface area contributed by atoms with Crippen LogP contribution in [0.3, 0.4) is 0 Å². The molecule has 138 valence electrons. The van der Waals surface area contributed by atoms with Crippen molar-refractivity contribution >= 4 is 17.7 Å². The van der Waals surface area contributed by atoms with Crippen LogP contribution in [-0.4, -0.2) is 22.5 Å². The highest BCUT2D eigenvalue weighted by molar-refractivity contribution is 7.98. The van der Waals surface area contributed by atoms with E-state index in [2.05, 4.69) is 9.97 Å². The normalized spacial score (nSPS) is 10.6. The SMILES string of the molecule is Cc1nc(SCc2ccccc2)[nH]c(=O)c1CCOC(=O)c1ccccc1. The minimum Gasteiger partial charge on any atom is -0.462 e. The van der Waals surface area contributed by atoms with E-state index in [9.17, 15) is 9.59 Å². The average Bonchev–Trinajstić information content (AvgIpc) is 2.70. The number of nitrogens with zero attached hydrogens (tertiary/aromatic N) is 1. The third-order valence-corrected chi connectivity index (χ3v) is 4.96. The largest absolute Gasteiger partial charge is 0.462 e. The molecule has 0 saturated carbocycles. The van der Waals surface area contributed by atoms with E-state index < -0.39 is 5.97 Å². The van der Waals surface area contributed by atoms with Crippen LogP contribution in [0.5, 0.6) is 0 Å². The molecule has 27 heavy (non-hydrogen) atoms. The van der Waals surface area contributed by atoms with E-state index in [0.29, 0.717) is 28.4 Å². The van der Waals surface area contributed by atoms with Gasteiger partial charge in [0.05, 0.1) is 12.2 Å². The molecule has 0 amide bonds. The summed E-state index contributed by atoms with van der Waals surface area (Å²) >= 11 is 1.48. The molecule has 1 heterocycles. The van der Waals surface area contributed by atoms with Gasteiger partial charge in [-0.15, -0.1) is 0 Å². The smallest absolute Gasteiger partial charge is 0.338 e. The van der Waals surface area contributed by atoms with E-state index in [1.807, 2.05) is 36.4 Å². The van der Waals surface area contributed by atoms with Gasteiger partial charge in [-0.1, -0.05) is 60.3 Å². The zero-order valence-corrected chi connectivity index (χ0v) is 15.8. The number of carbonyl (C=O) groups is 1. The predicted octanol–water partition coefficient (Wildman–Crippen LogP) is 3.77. The Morgan fingerprint density at radius 2 is 1.74 bits per heavy atom. The number of ether oxygens (including phenoxy) is 1. The third kappa shape index (κ3) is 5.31. The number of benzene rings is 2. The Labute approximate surface area is 161 Å². The number of nitrogens with one attached hydrogen (secondary N) is 1. The van der Waals surface area contributed by atoms with Gasteiger partial charge in [-0.05, 0) is 24.6 Å². The van der Waals surface area contributed by atoms with Crippen molar-refractivity contribution in [2.45, 2.75) is 24.3 Å². The molecule has 1 aromatic heterocycles. The topological polar surface area (TPSA) is 72.1 Å². The first-order valence-electron chi connectivity index (χ1n) is 8.62. The lowest BCUT2D eigenvalue weighted by atomic mass is 10.2. The van der Waals surface area contributed by atoms with Gasteiger partial charge in [-0.3, -0.25) is 4.79 Å². The van der Waals surface area contributed by atoms with Crippen molar-refractivity contribution in [3.63, 3.8) is 0 Å². The number of rotatable bonds is 7. The van der Waals surface area contributed by atoms with Crippen LogP contribution in [0, 0.1) is 6.92 Å². The van der Waals surface area contributed by atoms with Gasteiger partial charge in [0.15, 0.2) is 5.16 Å². The van der Waals surface area contributed by atoms with Crippen molar-refractivity contribution in [1.82, 2.24) is 9.97 Å². The molecular formula is C21H20N2O3S. The Morgan fingerprint density at radius 3 is 2.41 bits per heavy atom. The van der Waals surface area contributed by atoms with Crippen LogP contribution in [0.15, 0.2) is 70.6 Å². The molecule has 5 nitrogen and oxygen atoms in total. The fourth-order valence-corrected chi connectivity index (χ4v) is 3.44. The highest BCUT2D eigenvalue weighted by Gasteiger charge is 2.11. The molecule has 0 aliphatic heterocycles. The van der Waals surface area contributed by atoms with Crippen LogP contribution < -0.4 is 5.56 Å². The zero-order valence-electron chi connectivity index (χ0n) is 15.0. The average molecular weight is 380 g/mol. The Morgan fingerprint density at radius 1 is 1.07 bits per heavy atom. The van der Waals surface area contributed by atoms with Crippen molar-refractivity contribution in [2.24, 2.45) is 0 Å². The second kappa shape index (κ2) is 9.19. The van der Waals surface area contributed by atoms with Gasteiger partial charge in [0.25, 0.3) is 5.56 Å². The minimum atomic E-state index is -0.396. The number of aromatic nitrogens is 2. The van der Waals surface area contributed by atoms with E-state index in [-0.39, 0.29) is 12.2 Å². The van der Waals surface area contributed by atoms with Gasteiger partial charge in [0.2, 0.25) is 0 Å². The number of thioether (sulfide) groups is 1. The molecular weight excluding hydrogens is 360 g/mol. The maximum Gasteiger partial charge on any atom is 0.338 e. The molecule has 0 aliphatic rings. The Balaban J connectivity index is 1.58. The molecule has 0 bridgehead atoms. The Hall–Kier alpha value is -2.86. The molecule has 0 atom stereocenters. The molecule has 0 radical (unpaired) electrons. The summed E-state index contributed by atoms with van der Waals surface area (Å²) in [6, 6.07) is 18.8. The number of esters is 1. The van der Waals surface area contributed by atoms with E-state index >= 15 is 0 Å². The molecule has 0 aliphatic carbocycles. The molecule has 6 heteroatoms. The third-order valence-electron chi connectivity index (χ3n) is 4.01. The van der Waals surface area contributed by atoms with Crippen molar-refractivity contribution < 1.29 is 9.53 Å². The van der Waals surface area contributed by atoms with Gasteiger partial charge in [-0.25, -0.2) is 9.78 Å². The lowest BCUT2D eigenvalue weighted by Gasteiger charge is -2.08. The molecule has 0 fully saturated rings. The van der Waals surface area contributed by atoms with Crippen molar-refractivity contribution in [3.05, 3.63) is 93.4 Å². The van der Waals surface area contributed by atoms with Gasteiger partial charge in [0, 0.05) is 23.4 Å². The second-order valence-corrected chi connectivity index (χ2v) is 6.93. The summed E-state index contributed by atoms with van der Waals surface area (Å²) in [5.41, 5.74) is 2.67. The van der Waals surface area contributed by atoms with Crippen LogP contribution in [0.25, 0.3) is 0 Å². The molecule has 0 spiro atoms. The summed E-state index contributed by atoms with van der Waals surface area (Å²) in [7, 11) is 0. The number of carbonyl (C=O) groups excluding carboxylic acids is 1. The minimum absolute atomic E-state index is 0.135. The fraction of sp³-hybridized carbons (Fsp3) is 0.190. The van der Waals surface area contributed by atoms with Crippen LogP contribution in [0.1, 0.15) is 27.2 Å². The van der Waals surface area contributed by atoms with Crippen LogP contribution >= 0.6 is 11.8 Å². The lowest BCUT2D eigenvalue weighted by Crippen LogP contribution is -2.20. The number of aryl methyl sites for hydroxylation is 1. The van der Waals surface area contributed by atoms with Gasteiger partial charge in [-0.2, -0.15) is 0 Å². The fourth-order valence-electron chi connectivity index (χ4n) is 2.58. The highest BCUT2D eigenvalue weighted by Crippen LogP contribution is 2.18. The van der Waals surface area contributed by atoms with Crippen molar-refractivity contribution in [3.8, 4) is 0 Å². The van der Waals surface area contributed by atoms with E-state index in [1.165, 1.54) is 17.3 Å². The quantitative estimate of drug-likeness (QED) is 0.384. The second-order valence-electron chi connectivity index (χ2n) is 5.96. The monoisotopic (exact) mass is 380 g/mol. The first-order chi connectivity index (χ1) is 13.1. The van der Waals surface area contributed by atoms with Gasteiger partial charge in [0.1, 0.15) is 0 Å². The van der Waals surface area contributed by atoms with Crippen molar-refractivity contribution in [2.75, 3.05) is 6.61 Å². The van der Waals surface area contributed by atoms with Crippen LogP contribution in [0.2, 0.25) is 0 Å².